The summed E-state index contributed by atoms with van der Waals surface area (Å²) in [5.74, 6) is 0.810. The van der Waals surface area contributed by atoms with Crippen molar-refractivity contribution < 1.29 is 9.53 Å². The van der Waals surface area contributed by atoms with Gasteiger partial charge in [0.2, 0.25) is 0 Å². The number of pyridine rings is 1. The van der Waals surface area contributed by atoms with Crippen LogP contribution in [-0.4, -0.2) is 22.9 Å². The lowest BCUT2D eigenvalue weighted by atomic mass is 10.0. The molecule has 4 heteroatoms. The Bertz CT molecular complexity index is 748. The van der Waals surface area contributed by atoms with E-state index in [0.29, 0.717) is 12.0 Å². The molecular formula is C18H20N2O2. The zero-order valence-electron chi connectivity index (χ0n) is 13.1. The third-order valence-electron chi connectivity index (χ3n) is 3.28. The molecular weight excluding hydrogens is 276 g/mol. The predicted octanol–water partition coefficient (Wildman–Crippen LogP) is 4.02. The van der Waals surface area contributed by atoms with Crippen LogP contribution in [0.15, 0.2) is 48.9 Å². The number of carbonyl (C=O) groups excluding carboxylic acids is 1. The van der Waals surface area contributed by atoms with Crippen LogP contribution in [0, 0.1) is 0 Å². The fraction of sp³-hybridized carbons (Fsp3) is 0.222. The topological polar surface area (TPSA) is 55.0 Å². The van der Waals surface area contributed by atoms with Gasteiger partial charge in [0.15, 0.2) is 5.78 Å². The molecule has 0 bridgehead atoms. The molecule has 4 nitrogen and oxygen atoms in total. The van der Waals surface area contributed by atoms with Gasteiger partial charge in [-0.05, 0) is 29.8 Å². The number of ether oxygens (including phenoxy) is 1. The van der Waals surface area contributed by atoms with Gasteiger partial charge in [-0.15, -0.1) is 0 Å². The molecule has 2 aromatic heterocycles. The molecule has 0 aliphatic heterocycles. The minimum absolute atomic E-state index is 0.0671. The molecule has 3 aromatic rings. The third kappa shape index (κ3) is 3.34. The van der Waals surface area contributed by atoms with Crippen molar-refractivity contribution in [3.8, 4) is 5.75 Å². The Hall–Kier alpha value is -2.62. The average molecular weight is 296 g/mol. The Balaban J connectivity index is 0.000000847. The van der Waals surface area contributed by atoms with Crippen molar-refractivity contribution in [3.63, 3.8) is 0 Å². The molecule has 22 heavy (non-hydrogen) atoms. The van der Waals surface area contributed by atoms with E-state index in [9.17, 15) is 4.79 Å². The number of Topliss-reactive ketones (excluding diaryl/α,β-unsaturated/α-hetero) is 1. The summed E-state index contributed by atoms with van der Waals surface area (Å²) < 4.78 is 5.21. The van der Waals surface area contributed by atoms with Crippen LogP contribution < -0.4 is 4.74 Å². The smallest absolute Gasteiger partial charge is 0.169 e. The number of ketones is 1. The summed E-state index contributed by atoms with van der Waals surface area (Å²) in [6.07, 6.45) is 5.51. The van der Waals surface area contributed by atoms with Gasteiger partial charge in [0.1, 0.15) is 5.75 Å². The lowest BCUT2D eigenvalue weighted by Crippen LogP contribution is -2.03. The van der Waals surface area contributed by atoms with Gasteiger partial charge in [0.05, 0.1) is 7.11 Å². The standard InChI is InChI=1S/C16H14N2O2.C2H6/c1-20-12-4-5-15-13(8-12)14(10-18-15)16(19)7-11-3-2-6-17-9-11;1-2/h2-6,8-10,18H,7H2,1H3;1-2H3. The number of nitrogens with zero attached hydrogens (tertiary/aromatic N) is 1. The molecule has 1 aromatic carbocycles. The van der Waals surface area contributed by atoms with E-state index in [1.54, 1.807) is 25.7 Å². The molecule has 2 heterocycles. The van der Waals surface area contributed by atoms with Crippen LogP contribution in [0.4, 0.5) is 0 Å². The van der Waals surface area contributed by atoms with Crippen molar-refractivity contribution in [2.24, 2.45) is 0 Å². The first-order chi connectivity index (χ1) is 10.8. The van der Waals surface area contributed by atoms with E-state index in [1.165, 1.54) is 0 Å². The molecule has 0 atom stereocenters. The number of benzene rings is 1. The summed E-state index contributed by atoms with van der Waals surface area (Å²) in [5.41, 5.74) is 2.53. The molecule has 0 aliphatic carbocycles. The number of fused-ring (bicyclic) bond motifs is 1. The predicted molar refractivity (Wildman–Crippen MR) is 88.5 cm³/mol. The van der Waals surface area contributed by atoms with E-state index < -0.39 is 0 Å². The third-order valence-corrected chi connectivity index (χ3v) is 3.28. The van der Waals surface area contributed by atoms with Crippen molar-refractivity contribution in [1.29, 1.82) is 0 Å². The van der Waals surface area contributed by atoms with Gasteiger partial charge in [-0.1, -0.05) is 19.9 Å². The van der Waals surface area contributed by atoms with Gasteiger partial charge in [-0.25, -0.2) is 0 Å². The van der Waals surface area contributed by atoms with Crippen molar-refractivity contribution in [2.45, 2.75) is 20.3 Å². The highest BCUT2D eigenvalue weighted by atomic mass is 16.5. The quantitative estimate of drug-likeness (QED) is 0.740. The van der Waals surface area contributed by atoms with Crippen LogP contribution in [0.3, 0.4) is 0 Å². The van der Waals surface area contributed by atoms with Crippen molar-refractivity contribution >= 4 is 16.7 Å². The molecule has 0 fully saturated rings. The molecule has 0 radical (unpaired) electrons. The van der Waals surface area contributed by atoms with Gasteiger partial charge in [0.25, 0.3) is 0 Å². The minimum atomic E-state index is 0.0671. The Morgan fingerprint density at radius 3 is 2.77 bits per heavy atom. The van der Waals surface area contributed by atoms with Crippen LogP contribution >= 0.6 is 0 Å². The number of H-pyrrole nitrogens is 1. The fourth-order valence-electron chi connectivity index (χ4n) is 2.24. The average Bonchev–Trinajstić information content (AvgIpc) is 3.00. The molecule has 0 unspecified atom stereocenters. The zero-order chi connectivity index (χ0) is 15.9. The summed E-state index contributed by atoms with van der Waals surface area (Å²) in [6.45, 7) is 4.00. The highest BCUT2D eigenvalue weighted by molar-refractivity contribution is 6.08. The Labute approximate surface area is 130 Å². The van der Waals surface area contributed by atoms with E-state index >= 15 is 0 Å². The zero-order valence-corrected chi connectivity index (χ0v) is 13.1. The fourth-order valence-corrected chi connectivity index (χ4v) is 2.24. The molecule has 0 saturated carbocycles. The monoisotopic (exact) mass is 296 g/mol. The lowest BCUT2D eigenvalue weighted by Gasteiger charge is -2.02. The summed E-state index contributed by atoms with van der Waals surface area (Å²) in [4.78, 5) is 19.5. The van der Waals surface area contributed by atoms with Crippen LogP contribution in [0.2, 0.25) is 0 Å². The number of rotatable bonds is 4. The van der Waals surface area contributed by atoms with Gasteiger partial charge < -0.3 is 9.72 Å². The SMILES string of the molecule is CC.COc1ccc2[nH]cc(C(=O)Cc3cccnc3)c2c1. The molecule has 114 valence electrons. The second-order valence-corrected chi connectivity index (χ2v) is 4.58. The lowest BCUT2D eigenvalue weighted by molar-refractivity contribution is 0.0994. The number of hydrogen-bond acceptors (Lipinski definition) is 3. The van der Waals surface area contributed by atoms with E-state index in [-0.39, 0.29) is 5.78 Å². The molecule has 0 amide bonds. The molecule has 0 aliphatic rings. The maximum atomic E-state index is 12.4. The van der Waals surface area contributed by atoms with Gasteiger partial charge in [-0.2, -0.15) is 0 Å². The highest BCUT2D eigenvalue weighted by Crippen LogP contribution is 2.24. The first-order valence-corrected chi connectivity index (χ1v) is 7.35. The van der Waals surface area contributed by atoms with E-state index in [1.807, 2.05) is 44.2 Å². The van der Waals surface area contributed by atoms with E-state index in [0.717, 1.165) is 22.2 Å². The molecule has 0 saturated heterocycles. The molecule has 1 N–H and O–H groups in total. The summed E-state index contributed by atoms with van der Waals surface area (Å²) >= 11 is 0. The molecule has 3 rings (SSSR count). The second-order valence-electron chi connectivity index (χ2n) is 4.58. The van der Waals surface area contributed by atoms with Crippen LogP contribution in [-0.2, 0) is 6.42 Å². The first-order valence-electron chi connectivity index (χ1n) is 7.35. The van der Waals surface area contributed by atoms with Crippen LogP contribution in [0.5, 0.6) is 5.75 Å². The van der Waals surface area contributed by atoms with Crippen molar-refractivity contribution in [2.75, 3.05) is 7.11 Å². The van der Waals surface area contributed by atoms with Crippen LogP contribution in [0.25, 0.3) is 10.9 Å². The maximum absolute atomic E-state index is 12.4. The Kier molecular flexibility index (Phi) is 5.31. The Morgan fingerprint density at radius 2 is 2.09 bits per heavy atom. The summed E-state index contributed by atoms with van der Waals surface area (Å²) in [6, 6.07) is 9.40. The largest absolute Gasteiger partial charge is 0.497 e. The number of aromatic nitrogens is 2. The van der Waals surface area contributed by atoms with E-state index in [2.05, 4.69) is 9.97 Å². The Morgan fingerprint density at radius 1 is 1.27 bits per heavy atom. The summed E-state index contributed by atoms with van der Waals surface area (Å²) in [7, 11) is 1.62. The highest BCUT2D eigenvalue weighted by Gasteiger charge is 2.13. The number of aromatic amines is 1. The maximum Gasteiger partial charge on any atom is 0.169 e. The van der Waals surface area contributed by atoms with Crippen LogP contribution in [0.1, 0.15) is 29.8 Å². The number of hydrogen-bond donors (Lipinski definition) is 1. The van der Waals surface area contributed by atoms with Gasteiger partial charge in [0, 0.05) is 41.5 Å². The number of nitrogens with one attached hydrogen (secondary N) is 1. The summed E-state index contributed by atoms with van der Waals surface area (Å²) in [5, 5.41) is 0.887. The van der Waals surface area contributed by atoms with E-state index in [4.69, 9.17) is 4.74 Å². The van der Waals surface area contributed by atoms with Crippen molar-refractivity contribution in [1.82, 2.24) is 9.97 Å². The van der Waals surface area contributed by atoms with Gasteiger partial charge in [-0.3, -0.25) is 9.78 Å². The first kappa shape index (κ1) is 15.8. The second kappa shape index (κ2) is 7.41. The number of methoxy groups -OCH3 is 1. The minimum Gasteiger partial charge on any atom is -0.497 e. The van der Waals surface area contributed by atoms with Gasteiger partial charge >= 0.3 is 0 Å². The molecule has 0 spiro atoms. The number of carbonyl (C=O) groups is 1. The normalized spacial score (nSPS) is 9.95. The van der Waals surface area contributed by atoms with Crippen molar-refractivity contribution in [3.05, 3.63) is 60.0 Å².